The lowest BCUT2D eigenvalue weighted by Gasteiger charge is -2.14. The number of hydrogen-bond donors (Lipinski definition) is 1. The first kappa shape index (κ1) is 15.3. The van der Waals surface area contributed by atoms with Crippen molar-refractivity contribution in [1.82, 2.24) is 20.3 Å². The van der Waals surface area contributed by atoms with Gasteiger partial charge in [-0.2, -0.15) is 5.10 Å². The van der Waals surface area contributed by atoms with Gasteiger partial charge in [0.15, 0.2) is 5.69 Å². The summed E-state index contributed by atoms with van der Waals surface area (Å²) in [6.07, 6.45) is 0. The van der Waals surface area contributed by atoms with Crippen molar-refractivity contribution in [2.24, 2.45) is 0 Å². The topological polar surface area (TPSA) is 73.0 Å². The van der Waals surface area contributed by atoms with Gasteiger partial charge < -0.3 is 9.84 Å². The molecular weight excluding hydrogens is 268 g/mol. The number of amides is 1. The second-order valence-electron chi connectivity index (χ2n) is 5.75. The third kappa shape index (κ3) is 3.71. The van der Waals surface area contributed by atoms with Crippen molar-refractivity contribution in [1.29, 1.82) is 0 Å². The fraction of sp³-hybridized carbons (Fsp3) is 0.533. The SMILES string of the molecule is Cc1cc(C)n(C[C@@H](C)NC(=O)c2cc(C(C)C)on2)n1. The van der Waals surface area contributed by atoms with E-state index in [9.17, 15) is 4.79 Å². The second kappa shape index (κ2) is 6.11. The lowest BCUT2D eigenvalue weighted by molar-refractivity contribution is 0.0926. The first-order valence-corrected chi connectivity index (χ1v) is 7.15. The van der Waals surface area contributed by atoms with Gasteiger partial charge in [-0.3, -0.25) is 9.48 Å². The zero-order chi connectivity index (χ0) is 15.6. The molecule has 0 spiro atoms. The largest absolute Gasteiger partial charge is 0.360 e. The Hall–Kier alpha value is -2.11. The third-order valence-corrected chi connectivity index (χ3v) is 3.26. The van der Waals surface area contributed by atoms with E-state index in [1.807, 2.05) is 45.4 Å². The molecular formula is C15H22N4O2. The van der Waals surface area contributed by atoms with E-state index in [-0.39, 0.29) is 17.9 Å². The van der Waals surface area contributed by atoms with Gasteiger partial charge in [0, 0.05) is 23.7 Å². The highest BCUT2D eigenvalue weighted by atomic mass is 16.5. The zero-order valence-electron chi connectivity index (χ0n) is 13.2. The summed E-state index contributed by atoms with van der Waals surface area (Å²) in [5, 5.41) is 11.1. The molecule has 2 aromatic rings. The Bertz CT molecular complexity index is 627. The lowest BCUT2D eigenvalue weighted by Crippen LogP contribution is -2.36. The van der Waals surface area contributed by atoms with Crippen LogP contribution in [0.15, 0.2) is 16.7 Å². The molecule has 21 heavy (non-hydrogen) atoms. The van der Waals surface area contributed by atoms with Crippen molar-refractivity contribution < 1.29 is 9.32 Å². The molecule has 6 heteroatoms. The number of hydrogen-bond acceptors (Lipinski definition) is 4. The van der Waals surface area contributed by atoms with Crippen LogP contribution in [0, 0.1) is 13.8 Å². The number of carbonyl (C=O) groups excluding carboxylic acids is 1. The normalized spacial score (nSPS) is 12.7. The minimum absolute atomic E-state index is 0.0466. The predicted octanol–water partition coefficient (Wildman–Crippen LogP) is 2.43. The van der Waals surface area contributed by atoms with Gasteiger partial charge in [0.1, 0.15) is 5.76 Å². The summed E-state index contributed by atoms with van der Waals surface area (Å²) >= 11 is 0. The van der Waals surface area contributed by atoms with E-state index in [2.05, 4.69) is 15.6 Å². The fourth-order valence-electron chi connectivity index (χ4n) is 2.13. The smallest absolute Gasteiger partial charge is 0.273 e. The molecule has 0 aliphatic rings. The first-order chi connectivity index (χ1) is 9.86. The van der Waals surface area contributed by atoms with Crippen molar-refractivity contribution in [3.05, 3.63) is 35.0 Å². The van der Waals surface area contributed by atoms with Crippen LogP contribution in [-0.4, -0.2) is 26.9 Å². The van der Waals surface area contributed by atoms with E-state index >= 15 is 0 Å². The molecule has 0 saturated heterocycles. The molecule has 0 aromatic carbocycles. The van der Waals surface area contributed by atoms with Crippen molar-refractivity contribution in [3.63, 3.8) is 0 Å². The summed E-state index contributed by atoms with van der Waals surface area (Å²) in [7, 11) is 0. The molecule has 0 unspecified atom stereocenters. The minimum atomic E-state index is -0.223. The average molecular weight is 290 g/mol. The maximum absolute atomic E-state index is 12.1. The molecule has 1 amide bonds. The molecule has 2 rings (SSSR count). The Morgan fingerprint density at radius 3 is 2.57 bits per heavy atom. The monoisotopic (exact) mass is 290 g/mol. The second-order valence-corrected chi connectivity index (χ2v) is 5.75. The van der Waals surface area contributed by atoms with Crippen LogP contribution in [0.2, 0.25) is 0 Å². The molecule has 2 heterocycles. The number of carbonyl (C=O) groups is 1. The highest BCUT2D eigenvalue weighted by molar-refractivity contribution is 5.92. The van der Waals surface area contributed by atoms with Gasteiger partial charge in [-0.1, -0.05) is 19.0 Å². The number of nitrogens with one attached hydrogen (secondary N) is 1. The summed E-state index contributed by atoms with van der Waals surface area (Å²) < 4.78 is 7.03. The van der Waals surface area contributed by atoms with E-state index in [1.165, 1.54) is 0 Å². The van der Waals surface area contributed by atoms with E-state index in [0.29, 0.717) is 18.0 Å². The first-order valence-electron chi connectivity index (χ1n) is 7.15. The van der Waals surface area contributed by atoms with Crippen LogP contribution in [0.4, 0.5) is 0 Å². The van der Waals surface area contributed by atoms with E-state index < -0.39 is 0 Å². The summed E-state index contributed by atoms with van der Waals surface area (Å²) in [4.78, 5) is 12.1. The average Bonchev–Trinajstić information content (AvgIpc) is 2.97. The molecule has 0 saturated carbocycles. The maximum Gasteiger partial charge on any atom is 0.273 e. The van der Waals surface area contributed by atoms with Crippen molar-refractivity contribution >= 4 is 5.91 Å². The van der Waals surface area contributed by atoms with Crippen LogP contribution in [-0.2, 0) is 6.54 Å². The van der Waals surface area contributed by atoms with Gasteiger partial charge in [0.2, 0.25) is 0 Å². The fourth-order valence-corrected chi connectivity index (χ4v) is 2.13. The van der Waals surface area contributed by atoms with Crippen molar-refractivity contribution in [2.75, 3.05) is 0 Å². The molecule has 1 N–H and O–H groups in total. The van der Waals surface area contributed by atoms with Crippen molar-refractivity contribution in [2.45, 2.75) is 53.1 Å². The molecule has 0 radical (unpaired) electrons. The number of aryl methyl sites for hydroxylation is 2. The summed E-state index contributed by atoms with van der Waals surface area (Å²) in [6.45, 7) is 10.5. The van der Waals surface area contributed by atoms with Crippen LogP contribution < -0.4 is 5.32 Å². The van der Waals surface area contributed by atoms with Gasteiger partial charge in [0.25, 0.3) is 5.91 Å². The molecule has 2 aromatic heterocycles. The Morgan fingerprint density at radius 2 is 2.05 bits per heavy atom. The molecule has 0 bridgehead atoms. The Kier molecular flexibility index (Phi) is 4.45. The van der Waals surface area contributed by atoms with Gasteiger partial charge >= 0.3 is 0 Å². The summed E-state index contributed by atoms with van der Waals surface area (Å²) in [6, 6.07) is 3.66. The molecule has 6 nitrogen and oxygen atoms in total. The lowest BCUT2D eigenvalue weighted by atomic mass is 10.1. The number of aromatic nitrogens is 3. The summed E-state index contributed by atoms with van der Waals surface area (Å²) in [5.41, 5.74) is 2.38. The van der Waals surface area contributed by atoms with E-state index in [0.717, 1.165) is 11.4 Å². The molecule has 0 fully saturated rings. The number of rotatable bonds is 5. The Balaban J connectivity index is 1.96. The minimum Gasteiger partial charge on any atom is -0.360 e. The van der Waals surface area contributed by atoms with Crippen LogP contribution in [0.5, 0.6) is 0 Å². The van der Waals surface area contributed by atoms with E-state index in [4.69, 9.17) is 4.52 Å². The Morgan fingerprint density at radius 1 is 1.33 bits per heavy atom. The van der Waals surface area contributed by atoms with E-state index in [1.54, 1.807) is 6.07 Å². The molecule has 1 atom stereocenters. The summed E-state index contributed by atoms with van der Waals surface area (Å²) in [5.74, 6) is 0.706. The highest BCUT2D eigenvalue weighted by Crippen LogP contribution is 2.15. The van der Waals surface area contributed by atoms with Crippen LogP contribution in [0.25, 0.3) is 0 Å². The van der Waals surface area contributed by atoms with Crippen LogP contribution in [0.1, 0.15) is 54.3 Å². The molecule has 0 aliphatic heterocycles. The maximum atomic E-state index is 12.1. The standard InChI is InChI=1S/C15H22N4O2/c1-9(2)14-7-13(18-21-14)15(20)16-11(4)8-19-12(5)6-10(3)17-19/h6-7,9,11H,8H2,1-5H3,(H,16,20)/t11-/m1/s1. The van der Waals surface area contributed by atoms with Gasteiger partial charge in [-0.05, 0) is 26.8 Å². The molecule has 0 aliphatic carbocycles. The van der Waals surface area contributed by atoms with Crippen molar-refractivity contribution in [3.8, 4) is 0 Å². The van der Waals surface area contributed by atoms with Gasteiger partial charge in [-0.25, -0.2) is 0 Å². The third-order valence-electron chi connectivity index (χ3n) is 3.26. The van der Waals surface area contributed by atoms with Gasteiger partial charge in [0.05, 0.1) is 12.2 Å². The Labute approximate surface area is 124 Å². The van der Waals surface area contributed by atoms with Gasteiger partial charge in [-0.15, -0.1) is 0 Å². The zero-order valence-corrected chi connectivity index (χ0v) is 13.2. The quantitative estimate of drug-likeness (QED) is 0.918. The highest BCUT2D eigenvalue weighted by Gasteiger charge is 2.17. The number of nitrogens with zero attached hydrogens (tertiary/aromatic N) is 3. The molecule has 114 valence electrons. The van der Waals surface area contributed by atoms with Crippen LogP contribution >= 0.6 is 0 Å². The van der Waals surface area contributed by atoms with Crippen LogP contribution in [0.3, 0.4) is 0 Å². The predicted molar refractivity (Wildman–Crippen MR) is 79.2 cm³/mol.